The molecule has 0 aliphatic carbocycles. The van der Waals surface area contributed by atoms with E-state index in [1.807, 2.05) is 0 Å². The molecule has 0 spiro atoms. The lowest BCUT2D eigenvalue weighted by Gasteiger charge is -1.90. The molecule has 4 heteroatoms. The number of hydrogen-bond donors (Lipinski definition) is 0. The molecule has 4 nitrogen and oxygen atoms in total. The number of allylic oxidation sites excluding steroid dienone is 1. The first-order valence-electron chi connectivity index (χ1n) is 3.43. The maximum absolute atomic E-state index is 10.2. The van der Waals surface area contributed by atoms with Crippen molar-refractivity contribution in [3.8, 4) is 0 Å². The molecule has 12 heavy (non-hydrogen) atoms. The minimum atomic E-state index is -0.424. The topological polar surface area (TPSA) is 56.0 Å². The number of hydrogen-bond acceptors (Lipinski definition) is 3. The van der Waals surface area contributed by atoms with Gasteiger partial charge in [-0.05, 0) is 11.6 Å². The van der Waals surface area contributed by atoms with Crippen molar-refractivity contribution >= 4 is 6.08 Å². The molecule has 0 aromatic carbocycles. The van der Waals surface area contributed by atoms with Gasteiger partial charge < -0.3 is 0 Å². The van der Waals surface area contributed by atoms with Gasteiger partial charge in [0.05, 0.1) is 4.92 Å². The van der Waals surface area contributed by atoms with E-state index in [1.54, 1.807) is 24.5 Å². The summed E-state index contributed by atoms with van der Waals surface area (Å²) >= 11 is 0. The summed E-state index contributed by atoms with van der Waals surface area (Å²) in [6, 6.07) is 3.50. The van der Waals surface area contributed by atoms with Gasteiger partial charge in [-0.25, -0.2) is 0 Å². The van der Waals surface area contributed by atoms with Crippen LogP contribution in [0.2, 0.25) is 0 Å². The van der Waals surface area contributed by atoms with Gasteiger partial charge in [0, 0.05) is 25.4 Å². The highest BCUT2D eigenvalue weighted by Crippen LogP contribution is 2.04. The van der Waals surface area contributed by atoms with E-state index in [1.165, 1.54) is 13.0 Å². The van der Waals surface area contributed by atoms with E-state index >= 15 is 0 Å². The Morgan fingerprint density at radius 1 is 1.75 bits per heavy atom. The van der Waals surface area contributed by atoms with E-state index in [2.05, 4.69) is 4.98 Å². The maximum atomic E-state index is 10.2. The zero-order valence-electron chi connectivity index (χ0n) is 6.60. The summed E-state index contributed by atoms with van der Waals surface area (Å²) in [5.41, 5.74) is 0.856. The minimum Gasteiger partial charge on any atom is -0.264 e. The first-order valence-corrected chi connectivity index (χ1v) is 3.43. The molecule has 0 fully saturated rings. The first kappa shape index (κ1) is 8.39. The van der Waals surface area contributed by atoms with Crippen molar-refractivity contribution in [2.75, 3.05) is 0 Å². The summed E-state index contributed by atoms with van der Waals surface area (Å²) in [5, 5.41) is 10.2. The number of nitro groups is 1. The summed E-state index contributed by atoms with van der Waals surface area (Å²) < 4.78 is 0. The van der Waals surface area contributed by atoms with Gasteiger partial charge in [0.15, 0.2) is 0 Å². The van der Waals surface area contributed by atoms with E-state index in [0.29, 0.717) is 0 Å². The molecular weight excluding hydrogens is 156 g/mol. The number of rotatable bonds is 2. The van der Waals surface area contributed by atoms with Gasteiger partial charge in [-0.15, -0.1) is 0 Å². The summed E-state index contributed by atoms with van der Waals surface area (Å²) in [4.78, 5) is 13.6. The first-order chi connectivity index (χ1) is 5.70. The number of aromatic nitrogens is 1. The van der Waals surface area contributed by atoms with Crippen LogP contribution in [0.5, 0.6) is 0 Å². The lowest BCUT2D eigenvalue weighted by atomic mass is 10.2. The zero-order valence-corrected chi connectivity index (χ0v) is 6.60. The lowest BCUT2D eigenvalue weighted by Crippen LogP contribution is -1.92. The predicted octanol–water partition coefficient (Wildman–Crippen LogP) is 1.72. The number of pyridine rings is 1. The molecule has 0 saturated heterocycles. The summed E-state index contributed by atoms with van der Waals surface area (Å²) in [6.07, 6.45) is 4.68. The lowest BCUT2D eigenvalue weighted by molar-refractivity contribution is -0.422. The predicted molar refractivity (Wildman–Crippen MR) is 44.9 cm³/mol. The van der Waals surface area contributed by atoms with Crippen molar-refractivity contribution < 1.29 is 4.92 Å². The van der Waals surface area contributed by atoms with Gasteiger partial charge >= 0.3 is 0 Å². The Kier molecular flexibility index (Phi) is 2.53. The van der Waals surface area contributed by atoms with Gasteiger partial charge in [-0.2, -0.15) is 0 Å². The van der Waals surface area contributed by atoms with Crippen molar-refractivity contribution in [2.24, 2.45) is 0 Å². The van der Waals surface area contributed by atoms with Crippen LogP contribution in [0.25, 0.3) is 6.08 Å². The van der Waals surface area contributed by atoms with Crippen LogP contribution in [0.1, 0.15) is 12.5 Å². The Bertz CT molecular complexity index is 306. The molecule has 1 heterocycles. The monoisotopic (exact) mass is 164 g/mol. The third-order valence-corrected chi connectivity index (χ3v) is 1.35. The molecule has 0 unspecified atom stereocenters. The van der Waals surface area contributed by atoms with Gasteiger partial charge in [-0.1, -0.05) is 6.07 Å². The second kappa shape index (κ2) is 3.61. The fourth-order valence-electron chi connectivity index (χ4n) is 0.755. The molecule has 0 aliphatic heterocycles. The van der Waals surface area contributed by atoms with Crippen molar-refractivity contribution in [1.82, 2.24) is 4.98 Å². The van der Waals surface area contributed by atoms with Crippen LogP contribution < -0.4 is 0 Å². The molecule has 1 rings (SSSR count). The number of nitrogens with zero attached hydrogens (tertiary/aromatic N) is 2. The van der Waals surface area contributed by atoms with Gasteiger partial charge in [-0.3, -0.25) is 15.1 Å². The molecule has 0 aliphatic rings. The standard InChI is InChI=1S/C8H8N2O2/c1-7(10(11)12)5-8-3-2-4-9-6-8/h2-6H,1H3. The normalized spacial score (nSPS) is 11.2. The van der Waals surface area contributed by atoms with Gasteiger partial charge in [0.1, 0.15) is 0 Å². The molecule has 0 amide bonds. The summed E-state index contributed by atoms with van der Waals surface area (Å²) in [6.45, 7) is 1.45. The fraction of sp³-hybridized carbons (Fsp3) is 0.125. The van der Waals surface area contributed by atoms with E-state index in [0.717, 1.165) is 5.56 Å². The van der Waals surface area contributed by atoms with Crippen LogP contribution in [0.15, 0.2) is 30.2 Å². The second-order valence-electron chi connectivity index (χ2n) is 2.33. The molecule has 62 valence electrons. The molecule has 0 atom stereocenters. The molecule has 0 radical (unpaired) electrons. The summed E-state index contributed by atoms with van der Waals surface area (Å²) in [7, 11) is 0. The Morgan fingerprint density at radius 2 is 2.50 bits per heavy atom. The van der Waals surface area contributed by atoms with Crippen molar-refractivity contribution in [2.45, 2.75) is 6.92 Å². The van der Waals surface area contributed by atoms with Gasteiger partial charge in [0.2, 0.25) is 5.70 Å². The fourth-order valence-corrected chi connectivity index (χ4v) is 0.755. The van der Waals surface area contributed by atoms with Crippen LogP contribution in [-0.4, -0.2) is 9.91 Å². The van der Waals surface area contributed by atoms with Crippen molar-refractivity contribution in [3.63, 3.8) is 0 Å². The largest absolute Gasteiger partial charge is 0.264 e. The highest BCUT2D eigenvalue weighted by atomic mass is 16.6. The highest BCUT2D eigenvalue weighted by Gasteiger charge is 2.00. The van der Waals surface area contributed by atoms with Crippen LogP contribution in [0, 0.1) is 10.1 Å². The van der Waals surface area contributed by atoms with Crippen LogP contribution in [0.4, 0.5) is 0 Å². The molecule has 0 N–H and O–H groups in total. The van der Waals surface area contributed by atoms with Crippen LogP contribution in [-0.2, 0) is 0 Å². The van der Waals surface area contributed by atoms with E-state index in [4.69, 9.17) is 0 Å². The van der Waals surface area contributed by atoms with Crippen LogP contribution in [0.3, 0.4) is 0 Å². The molecule has 1 aromatic rings. The third-order valence-electron chi connectivity index (χ3n) is 1.35. The average molecular weight is 164 g/mol. The second-order valence-corrected chi connectivity index (χ2v) is 2.33. The van der Waals surface area contributed by atoms with Crippen molar-refractivity contribution in [1.29, 1.82) is 0 Å². The van der Waals surface area contributed by atoms with E-state index in [9.17, 15) is 10.1 Å². The molecule has 0 saturated carbocycles. The van der Waals surface area contributed by atoms with Gasteiger partial charge in [0.25, 0.3) is 0 Å². The maximum Gasteiger partial charge on any atom is 0.243 e. The Balaban J connectivity index is 2.89. The third kappa shape index (κ3) is 2.16. The SMILES string of the molecule is CC(=Cc1cccnc1)[N+](=O)[O-]. The Hall–Kier alpha value is -1.71. The zero-order chi connectivity index (χ0) is 8.97. The minimum absolute atomic E-state index is 0.114. The quantitative estimate of drug-likeness (QED) is 0.494. The van der Waals surface area contributed by atoms with E-state index < -0.39 is 4.92 Å². The molecule has 0 bridgehead atoms. The summed E-state index contributed by atoms with van der Waals surface area (Å²) in [5.74, 6) is 0. The Morgan fingerprint density at radius 3 is 3.00 bits per heavy atom. The molecular formula is C8H8N2O2. The smallest absolute Gasteiger partial charge is 0.243 e. The molecule has 1 aromatic heterocycles. The van der Waals surface area contributed by atoms with Crippen molar-refractivity contribution in [3.05, 3.63) is 45.9 Å². The Labute approximate surface area is 69.7 Å². The van der Waals surface area contributed by atoms with Crippen LogP contribution >= 0.6 is 0 Å². The van der Waals surface area contributed by atoms with E-state index in [-0.39, 0.29) is 5.70 Å². The average Bonchev–Trinajstić information content (AvgIpc) is 2.06. The highest BCUT2D eigenvalue weighted by molar-refractivity contribution is 5.48.